The summed E-state index contributed by atoms with van der Waals surface area (Å²) >= 11 is 1.42. The summed E-state index contributed by atoms with van der Waals surface area (Å²) in [5.74, 6) is -0.503. The minimum Gasteiger partial charge on any atom is -0.462 e. The van der Waals surface area contributed by atoms with Crippen molar-refractivity contribution in [1.29, 1.82) is 0 Å². The summed E-state index contributed by atoms with van der Waals surface area (Å²) in [6, 6.07) is 9.21. The molecule has 0 spiro atoms. The Kier molecular flexibility index (Phi) is 5.18. The van der Waals surface area contributed by atoms with Gasteiger partial charge in [-0.2, -0.15) is 5.10 Å². The zero-order chi connectivity index (χ0) is 18.7. The first-order valence-corrected chi connectivity index (χ1v) is 9.07. The van der Waals surface area contributed by atoms with Gasteiger partial charge in [0.15, 0.2) is 0 Å². The van der Waals surface area contributed by atoms with E-state index in [1.807, 2.05) is 37.4 Å². The van der Waals surface area contributed by atoms with Crippen LogP contribution in [0.4, 0.5) is 5.69 Å². The number of amides is 1. The van der Waals surface area contributed by atoms with Gasteiger partial charge in [-0.15, -0.1) is 11.3 Å². The van der Waals surface area contributed by atoms with E-state index in [1.54, 1.807) is 23.7 Å². The van der Waals surface area contributed by atoms with Crippen LogP contribution in [0, 0.1) is 13.8 Å². The molecular formula is C19H19N3O3S. The first-order valence-electron chi connectivity index (χ1n) is 8.19. The van der Waals surface area contributed by atoms with Crippen LogP contribution in [0.1, 0.15) is 38.2 Å². The van der Waals surface area contributed by atoms with Gasteiger partial charge >= 0.3 is 5.97 Å². The van der Waals surface area contributed by atoms with Gasteiger partial charge in [0.1, 0.15) is 5.56 Å². The monoisotopic (exact) mass is 369 g/mol. The molecule has 0 aliphatic heterocycles. The van der Waals surface area contributed by atoms with Crippen molar-refractivity contribution in [3.05, 3.63) is 63.6 Å². The molecule has 0 aliphatic rings. The second-order valence-corrected chi connectivity index (χ2v) is 6.63. The summed E-state index contributed by atoms with van der Waals surface area (Å²) in [7, 11) is 0. The number of aromatic nitrogens is 2. The molecule has 134 valence electrons. The van der Waals surface area contributed by atoms with Crippen LogP contribution in [0.15, 0.2) is 41.9 Å². The van der Waals surface area contributed by atoms with Crippen molar-refractivity contribution in [2.24, 2.45) is 0 Å². The number of rotatable bonds is 5. The lowest BCUT2D eigenvalue weighted by atomic mass is 10.2. The average molecular weight is 369 g/mol. The highest BCUT2D eigenvalue weighted by Crippen LogP contribution is 2.20. The standard InChI is InChI=1S/C19H19N3O3S/c1-4-25-19(24)16-11-20-22(13(16)3)15-7-5-14(6-8-15)21-18(23)17-12(2)9-10-26-17/h5-11H,4H2,1-3H3,(H,21,23). The largest absolute Gasteiger partial charge is 0.462 e. The van der Waals surface area contributed by atoms with Crippen LogP contribution in [0.2, 0.25) is 0 Å². The van der Waals surface area contributed by atoms with Gasteiger partial charge in [-0.25, -0.2) is 9.48 Å². The molecule has 1 N–H and O–H groups in total. The maximum absolute atomic E-state index is 12.3. The van der Waals surface area contributed by atoms with Crippen LogP contribution >= 0.6 is 11.3 Å². The van der Waals surface area contributed by atoms with Gasteiger partial charge in [0, 0.05) is 5.69 Å². The van der Waals surface area contributed by atoms with Crippen molar-refractivity contribution < 1.29 is 14.3 Å². The van der Waals surface area contributed by atoms with Gasteiger partial charge in [-0.3, -0.25) is 4.79 Å². The fourth-order valence-electron chi connectivity index (χ4n) is 2.56. The summed E-state index contributed by atoms with van der Waals surface area (Å²) < 4.78 is 6.69. The van der Waals surface area contributed by atoms with E-state index in [0.29, 0.717) is 28.4 Å². The number of carbonyl (C=O) groups excluding carboxylic acids is 2. The van der Waals surface area contributed by atoms with Crippen LogP contribution in [-0.4, -0.2) is 28.3 Å². The number of ether oxygens (including phenoxy) is 1. The molecule has 0 fully saturated rings. The van der Waals surface area contributed by atoms with E-state index >= 15 is 0 Å². The Morgan fingerprint density at radius 3 is 2.54 bits per heavy atom. The predicted molar refractivity (Wildman–Crippen MR) is 101 cm³/mol. The highest BCUT2D eigenvalue weighted by Gasteiger charge is 2.16. The van der Waals surface area contributed by atoms with Crippen LogP contribution in [0.5, 0.6) is 0 Å². The van der Waals surface area contributed by atoms with Crippen LogP contribution in [-0.2, 0) is 4.74 Å². The number of benzene rings is 1. The summed E-state index contributed by atoms with van der Waals surface area (Å²) in [5.41, 5.74) is 3.60. The molecule has 0 atom stereocenters. The fourth-order valence-corrected chi connectivity index (χ4v) is 3.38. The Balaban J connectivity index is 1.77. The smallest absolute Gasteiger partial charge is 0.341 e. The Labute approximate surface area is 155 Å². The predicted octanol–water partition coefficient (Wildman–Crippen LogP) is 3.98. The average Bonchev–Trinajstić information content (AvgIpc) is 3.22. The Hall–Kier alpha value is -2.93. The first-order chi connectivity index (χ1) is 12.5. The van der Waals surface area contributed by atoms with E-state index in [4.69, 9.17) is 4.74 Å². The quantitative estimate of drug-likeness (QED) is 0.691. The van der Waals surface area contributed by atoms with Crippen molar-refractivity contribution in [2.75, 3.05) is 11.9 Å². The molecule has 1 aromatic carbocycles. The zero-order valence-electron chi connectivity index (χ0n) is 14.8. The third kappa shape index (κ3) is 3.52. The highest BCUT2D eigenvalue weighted by atomic mass is 32.1. The number of aryl methyl sites for hydroxylation is 1. The summed E-state index contributed by atoms with van der Waals surface area (Å²) in [6.45, 7) is 5.81. The van der Waals surface area contributed by atoms with Gasteiger partial charge in [0.25, 0.3) is 5.91 Å². The van der Waals surface area contributed by atoms with E-state index in [0.717, 1.165) is 11.3 Å². The molecule has 1 amide bonds. The van der Waals surface area contributed by atoms with Crippen LogP contribution in [0.25, 0.3) is 5.69 Å². The van der Waals surface area contributed by atoms with Crippen molar-refractivity contribution in [3.63, 3.8) is 0 Å². The molecule has 2 heterocycles. The van der Waals surface area contributed by atoms with Crippen LogP contribution in [0.3, 0.4) is 0 Å². The minimum absolute atomic E-state index is 0.120. The maximum Gasteiger partial charge on any atom is 0.341 e. The van der Waals surface area contributed by atoms with E-state index in [9.17, 15) is 9.59 Å². The number of hydrogen-bond acceptors (Lipinski definition) is 5. The number of nitrogens with one attached hydrogen (secondary N) is 1. The molecule has 3 aromatic rings. The number of nitrogens with zero attached hydrogens (tertiary/aromatic N) is 2. The lowest BCUT2D eigenvalue weighted by molar-refractivity contribution is 0.0525. The van der Waals surface area contributed by atoms with Crippen molar-refractivity contribution in [3.8, 4) is 5.69 Å². The Morgan fingerprint density at radius 1 is 1.19 bits per heavy atom. The molecular weight excluding hydrogens is 350 g/mol. The third-order valence-electron chi connectivity index (χ3n) is 3.94. The number of carbonyl (C=O) groups is 2. The molecule has 0 unspecified atom stereocenters. The lowest BCUT2D eigenvalue weighted by Crippen LogP contribution is -2.11. The fraction of sp³-hybridized carbons (Fsp3) is 0.211. The molecule has 3 rings (SSSR count). The van der Waals surface area contributed by atoms with E-state index in [-0.39, 0.29) is 11.9 Å². The topological polar surface area (TPSA) is 73.2 Å². The molecule has 26 heavy (non-hydrogen) atoms. The van der Waals surface area contributed by atoms with Crippen LogP contribution < -0.4 is 5.32 Å². The Morgan fingerprint density at radius 2 is 1.92 bits per heavy atom. The highest BCUT2D eigenvalue weighted by molar-refractivity contribution is 7.12. The Bertz CT molecular complexity index is 941. The third-order valence-corrected chi connectivity index (χ3v) is 4.96. The molecule has 0 aliphatic carbocycles. The molecule has 0 saturated carbocycles. The normalized spacial score (nSPS) is 10.6. The van der Waals surface area contributed by atoms with Gasteiger partial charge < -0.3 is 10.1 Å². The molecule has 7 heteroatoms. The van der Waals surface area contributed by atoms with Gasteiger partial charge in [-0.05, 0) is 62.0 Å². The van der Waals surface area contributed by atoms with E-state index in [2.05, 4.69) is 10.4 Å². The SMILES string of the molecule is CCOC(=O)c1cnn(-c2ccc(NC(=O)c3sccc3C)cc2)c1C. The first kappa shape index (κ1) is 17.9. The van der Waals surface area contributed by atoms with E-state index < -0.39 is 0 Å². The number of anilines is 1. The second kappa shape index (κ2) is 7.53. The summed E-state index contributed by atoms with van der Waals surface area (Å²) in [6.07, 6.45) is 1.50. The number of thiophene rings is 1. The van der Waals surface area contributed by atoms with Gasteiger partial charge in [0.2, 0.25) is 0 Å². The maximum atomic E-state index is 12.3. The molecule has 2 aromatic heterocycles. The van der Waals surface area contributed by atoms with Gasteiger partial charge in [-0.1, -0.05) is 0 Å². The van der Waals surface area contributed by atoms with E-state index in [1.165, 1.54) is 17.5 Å². The number of hydrogen-bond donors (Lipinski definition) is 1. The number of esters is 1. The summed E-state index contributed by atoms with van der Waals surface area (Å²) in [5, 5.41) is 9.05. The van der Waals surface area contributed by atoms with Gasteiger partial charge in [0.05, 0.1) is 29.1 Å². The van der Waals surface area contributed by atoms with Crippen molar-refractivity contribution in [2.45, 2.75) is 20.8 Å². The molecule has 0 bridgehead atoms. The minimum atomic E-state index is -0.383. The second-order valence-electron chi connectivity index (χ2n) is 5.71. The lowest BCUT2D eigenvalue weighted by Gasteiger charge is -2.08. The molecule has 0 radical (unpaired) electrons. The van der Waals surface area contributed by atoms with Crippen molar-refractivity contribution >= 4 is 28.9 Å². The molecule has 0 saturated heterocycles. The van der Waals surface area contributed by atoms with Crippen molar-refractivity contribution in [1.82, 2.24) is 9.78 Å². The summed E-state index contributed by atoms with van der Waals surface area (Å²) in [4.78, 5) is 24.9. The zero-order valence-corrected chi connectivity index (χ0v) is 15.6. The molecule has 6 nitrogen and oxygen atoms in total.